The molecular formula is C22H28N8. The van der Waals surface area contributed by atoms with Gasteiger partial charge in [-0.2, -0.15) is 10.2 Å². The average molecular weight is 405 g/mol. The Labute approximate surface area is 175 Å². The van der Waals surface area contributed by atoms with Crippen LogP contribution in [0.3, 0.4) is 0 Å². The highest BCUT2D eigenvalue weighted by atomic mass is 15.3. The molecule has 1 aliphatic rings. The van der Waals surface area contributed by atoms with Crippen molar-refractivity contribution in [3.8, 4) is 0 Å². The quantitative estimate of drug-likeness (QED) is 0.485. The number of hydrogen-bond donors (Lipinski definition) is 3. The van der Waals surface area contributed by atoms with Crippen LogP contribution in [-0.4, -0.2) is 50.1 Å². The van der Waals surface area contributed by atoms with Gasteiger partial charge in [0.05, 0.1) is 11.7 Å². The standard InChI is InChI=1S/C22H28N8/c1-12-6-16(30-9-14(3)23-15(4)10-30)8-17-20(12)22(27-26-17)25-19-7-13(2)21-18(24-19)11-29(5)28-21/h6-8,11,14-15,23H,9-10H2,1-5H3,(H2,24,25,26,27)/t14-,15-/m0/s1. The molecule has 30 heavy (non-hydrogen) atoms. The summed E-state index contributed by atoms with van der Waals surface area (Å²) < 4.78 is 1.79. The summed E-state index contributed by atoms with van der Waals surface area (Å²) in [6.07, 6.45) is 1.93. The Bertz CT molecular complexity index is 1230. The van der Waals surface area contributed by atoms with E-state index in [0.717, 1.165) is 52.2 Å². The predicted octanol–water partition coefficient (Wildman–Crippen LogP) is 3.39. The molecule has 5 rings (SSSR count). The van der Waals surface area contributed by atoms with Gasteiger partial charge in [-0.05, 0) is 57.0 Å². The zero-order valence-electron chi connectivity index (χ0n) is 18.1. The first-order valence-electron chi connectivity index (χ1n) is 10.4. The number of nitrogens with one attached hydrogen (secondary N) is 3. The van der Waals surface area contributed by atoms with Gasteiger partial charge in [-0.1, -0.05) is 0 Å². The molecule has 8 heteroatoms. The lowest BCUT2D eigenvalue weighted by molar-refractivity contribution is 0.407. The molecule has 4 heterocycles. The SMILES string of the molecule is Cc1cc(Nc2n[nH]c3cc(N4C[C@H](C)N[C@@H](C)C4)cc(C)c23)nc2cn(C)nc12. The number of anilines is 3. The molecule has 0 aliphatic carbocycles. The summed E-state index contributed by atoms with van der Waals surface area (Å²) in [7, 11) is 1.91. The minimum Gasteiger partial charge on any atom is -0.368 e. The summed E-state index contributed by atoms with van der Waals surface area (Å²) in [6.45, 7) is 10.7. The monoisotopic (exact) mass is 404 g/mol. The summed E-state index contributed by atoms with van der Waals surface area (Å²) >= 11 is 0. The van der Waals surface area contributed by atoms with Gasteiger partial charge in [-0.25, -0.2) is 4.98 Å². The van der Waals surface area contributed by atoms with Crippen LogP contribution >= 0.6 is 0 Å². The van der Waals surface area contributed by atoms with Crippen molar-refractivity contribution in [2.75, 3.05) is 23.3 Å². The highest BCUT2D eigenvalue weighted by molar-refractivity contribution is 5.96. The van der Waals surface area contributed by atoms with Crippen molar-refractivity contribution in [1.82, 2.24) is 30.3 Å². The fourth-order valence-corrected chi connectivity index (χ4v) is 4.61. The second-order valence-electron chi connectivity index (χ2n) is 8.62. The minimum absolute atomic E-state index is 0.473. The normalized spacial score (nSPS) is 19.7. The van der Waals surface area contributed by atoms with Crippen molar-refractivity contribution in [1.29, 1.82) is 0 Å². The summed E-state index contributed by atoms with van der Waals surface area (Å²) in [4.78, 5) is 7.16. The van der Waals surface area contributed by atoms with Crippen LogP contribution in [0.4, 0.5) is 17.3 Å². The van der Waals surface area contributed by atoms with Crippen LogP contribution < -0.4 is 15.5 Å². The number of benzene rings is 1. The lowest BCUT2D eigenvalue weighted by Crippen LogP contribution is -2.54. The van der Waals surface area contributed by atoms with Gasteiger partial charge >= 0.3 is 0 Å². The smallest absolute Gasteiger partial charge is 0.161 e. The third-order valence-electron chi connectivity index (χ3n) is 5.79. The Balaban J connectivity index is 1.49. The third-order valence-corrected chi connectivity index (χ3v) is 5.79. The second kappa shape index (κ2) is 6.98. The number of aryl methyl sites for hydroxylation is 3. The van der Waals surface area contributed by atoms with Crippen LogP contribution in [0.25, 0.3) is 21.9 Å². The maximum atomic E-state index is 4.71. The van der Waals surface area contributed by atoms with E-state index in [9.17, 15) is 0 Å². The minimum atomic E-state index is 0.473. The Morgan fingerprint density at radius 3 is 2.60 bits per heavy atom. The molecule has 0 amide bonds. The van der Waals surface area contributed by atoms with Crippen molar-refractivity contribution < 1.29 is 0 Å². The Morgan fingerprint density at radius 2 is 1.83 bits per heavy atom. The first-order valence-corrected chi connectivity index (χ1v) is 10.4. The number of hydrogen-bond acceptors (Lipinski definition) is 6. The van der Waals surface area contributed by atoms with Gasteiger partial charge < -0.3 is 15.5 Å². The van der Waals surface area contributed by atoms with E-state index < -0.39 is 0 Å². The van der Waals surface area contributed by atoms with Gasteiger partial charge in [0, 0.05) is 43.3 Å². The maximum absolute atomic E-state index is 4.71. The summed E-state index contributed by atoms with van der Waals surface area (Å²) in [6, 6.07) is 7.43. The number of H-pyrrole nitrogens is 1. The number of nitrogens with zero attached hydrogens (tertiary/aromatic N) is 5. The maximum Gasteiger partial charge on any atom is 0.161 e. The molecule has 0 spiro atoms. The number of pyridine rings is 1. The Kier molecular flexibility index (Phi) is 4.39. The molecule has 1 aromatic carbocycles. The number of aromatic amines is 1. The first-order chi connectivity index (χ1) is 14.4. The van der Waals surface area contributed by atoms with Crippen LogP contribution in [0, 0.1) is 13.8 Å². The molecule has 8 nitrogen and oxygen atoms in total. The van der Waals surface area contributed by atoms with E-state index in [1.165, 1.54) is 11.3 Å². The van der Waals surface area contributed by atoms with Gasteiger partial charge in [0.2, 0.25) is 0 Å². The van der Waals surface area contributed by atoms with E-state index in [-0.39, 0.29) is 0 Å². The van der Waals surface area contributed by atoms with E-state index in [4.69, 9.17) is 4.98 Å². The van der Waals surface area contributed by atoms with Crippen molar-refractivity contribution in [2.45, 2.75) is 39.8 Å². The van der Waals surface area contributed by atoms with E-state index in [1.54, 1.807) is 4.68 Å². The Morgan fingerprint density at radius 1 is 1.07 bits per heavy atom. The van der Waals surface area contributed by atoms with Crippen molar-refractivity contribution in [3.05, 3.63) is 35.5 Å². The fraction of sp³-hybridized carbons (Fsp3) is 0.409. The first kappa shape index (κ1) is 18.9. The summed E-state index contributed by atoms with van der Waals surface area (Å²) in [5.41, 5.74) is 6.35. The molecule has 0 radical (unpaired) electrons. The van der Waals surface area contributed by atoms with Gasteiger partial charge in [0.1, 0.15) is 16.9 Å². The molecule has 156 valence electrons. The zero-order valence-corrected chi connectivity index (χ0v) is 18.1. The zero-order chi connectivity index (χ0) is 21.0. The lowest BCUT2D eigenvalue weighted by Gasteiger charge is -2.37. The lowest BCUT2D eigenvalue weighted by atomic mass is 10.1. The molecule has 3 N–H and O–H groups in total. The highest BCUT2D eigenvalue weighted by Crippen LogP contribution is 2.32. The van der Waals surface area contributed by atoms with Crippen LogP contribution in [0.1, 0.15) is 25.0 Å². The molecule has 1 saturated heterocycles. The third kappa shape index (κ3) is 3.27. The average Bonchev–Trinajstić information content (AvgIpc) is 3.24. The molecule has 0 unspecified atom stereocenters. The van der Waals surface area contributed by atoms with Gasteiger partial charge in [0.25, 0.3) is 0 Å². The molecule has 0 saturated carbocycles. The largest absolute Gasteiger partial charge is 0.368 e. The van der Waals surface area contributed by atoms with Crippen LogP contribution in [0.5, 0.6) is 0 Å². The molecule has 1 fully saturated rings. The topological polar surface area (TPSA) is 86.7 Å². The van der Waals surface area contributed by atoms with Crippen molar-refractivity contribution in [2.24, 2.45) is 7.05 Å². The predicted molar refractivity (Wildman–Crippen MR) is 122 cm³/mol. The van der Waals surface area contributed by atoms with E-state index in [2.05, 4.69) is 70.7 Å². The van der Waals surface area contributed by atoms with E-state index in [0.29, 0.717) is 12.1 Å². The molecular weight excluding hydrogens is 376 g/mol. The molecule has 3 aromatic heterocycles. The summed E-state index contributed by atoms with van der Waals surface area (Å²) in [5, 5.41) is 20.3. The van der Waals surface area contributed by atoms with Crippen LogP contribution in [-0.2, 0) is 7.05 Å². The molecule has 4 aromatic rings. The fourth-order valence-electron chi connectivity index (χ4n) is 4.61. The van der Waals surface area contributed by atoms with Gasteiger partial charge in [-0.3, -0.25) is 9.78 Å². The van der Waals surface area contributed by atoms with Gasteiger partial charge in [-0.15, -0.1) is 0 Å². The van der Waals surface area contributed by atoms with Crippen LogP contribution in [0.15, 0.2) is 24.4 Å². The van der Waals surface area contributed by atoms with Crippen molar-refractivity contribution >= 4 is 39.3 Å². The molecule has 2 atom stereocenters. The van der Waals surface area contributed by atoms with Crippen LogP contribution in [0.2, 0.25) is 0 Å². The van der Waals surface area contributed by atoms with Gasteiger partial charge in [0.15, 0.2) is 5.82 Å². The summed E-state index contributed by atoms with van der Waals surface area (Å²) in [5.74, 6) is 1.57. The molecule has 0 bridgehead atoms. The van der Waals surface area contributed by atoms with E-state index in [1.807, 2.05) is 19.3 Å². The number of fused-ring (bicyclic) bond motifs is 2. The Hall–Kier alpha value is -3.13. The number of rotatable bonds is 3. The number of piperazine rings is 1. The molecule has 1 aliphatic heterocycles. The number of aromatic nitrogens is 5. The van der Waals surface area contributed by atoms with E-state index >= 15 is 0 Å². The van der Waals surface area contributed by atoms with Crippen molar-refractivity contribution in [3.63, 3.8) is 0 Å². The highest BCUT2D eigenvalue weighted by Gasteiger charge is 2.22. The second-order valence-corrected chi connectivity index (χ2v) is 8.62.